The molecular weight excluding hydrogens is 154 g/mol. The molecule has 0 radical (unpaired) electrons. The van der Waals surface area contributed by atoms with E-state index in [0.717, 1.165) is 6.42 Å². The van der Waals surface area contributed by atoms with E-state index in [1.807, 2.05) is 19.9 Å². The van der Waals surface area contributed by atoms with E-state index in [0.29, 0.717) is 6.61 Å². The highest BCUT2D eigenvalue weighted by Crippen LogP contribution is 1.93. The number of carbonyl (C=O) groups is 1. The van der Waals surface area contributed by atoms with Crippen LogP contribution in [0.25, 0.3) is 4.85 Å². The summed E-state index contributed by atoms with van der Waals surface area (Å²) in [6.07, 6.45) is 2.72. The Balaban J connectivity index is 3.39. The van der Waals surface area contributed by atoms with Crippen LogP contribution in [0.2, 0.25) is 0 Å². The molecule has 0 rings (SSSR count). The van der Waals surface area contributed by atoms with Crippen molar-refractivity contribution in [3.05, 3.63) is 23.1 Å². The van der Waals surface area contributed by atoms with Gasteiger partial charge in [-0.25, -0.2) is 11.4 Å². The van der Waals surface area contributed by atoms with Crippen LogP contribution in [0.4, 0.5) is 0 Å². The highest BCUT2D eigenvalue weighted by molar-refractivity contribution is 5.73. The summed E-state index contributed by atoms with van der Waals surface area (Å²) in [6.45, 7) is 10.6. The maximum Gasteiger partial charge on any atom is 0.387 e. The molecule has 0 aromatic rings. The normalized spacial score (nSPS) is 8.42. The van der Waals surface area contributed by atoms with Crippen LogP contribution in [0.3, 0.4) is 0 Å². The first-order valence-corrected chi connectivity index (χ1v) is 3.79. The monoisotopic (exact) mass is 167 g/mol. The lowest BCUT2D eigenvalue weighted by Crippen LogP contribution is -2.07. The van der Waals surface area contributed by atoms with Crippen LogP contribution in [-0.4, -0.2) is 19.1 Å². The van der Waals surface area contributed by atoms with E-state index in [2.05, 4.69) is 4.85 Å². The summed E-state index contributed by atoms with van der Waals surface area (Å²) in [5.74, 6) is -0.438. The van der Waals surface area contributed by atoms with Gasteiger partial charge in [-0.15, -0.1) is 0 Å². The lowest BCUT2D eigenvalue weighted by Gasteiger charge is -1.97. The van der Waals surface area contributed by atoms with Gasteiger partial charge in [0.1, 0.15) is 0 Å². The minimum atomic E-state index is -0.438. The predicted octanol–water partition coefficient (Wildman–Crippen LogP) is 1.81. The zero-order valence-electron chi connectivity index (χ0n) is 7.46. The van der Waals surface area contributed by atoms with Gasteiger partial charge in [-0.2, -0.15) is 0 Å². The van der Waals surface area contributed by atoms with Crippen molar-refractivity contribution in [3.8, 4) is 0 Å². The third-order valence-corrected chi connectivity index (χ3v) is 1.14. The highest BCUT2D eigenvalue weighted by Gasteiger charge is 2.02. The Kier molecular flexibility index (Phi) is 5.72. The van der Waals surface area contributed by atoms with E-state index in [1.54, 1.807) is 0 Å². The molecule has 0 aliphatic rings. The molecule has 0 fully saturated rings. The Morgan fingerprint density at radius 2 is 2.25 bits per heavy atom. The molecule has 0 aliphatic carbocycles. The van der Waals surface area contributed by atoms with Gasteiger partial charge in [-0.3, -0.25) is 0 Å². The van der Waals surface area contributed by atoms with E-state index < -0.39 is 5.97 Å². The maximum absolute atomic E-state index is 10.6. The second kappa shape index (κ2) is 6.41. The Morgan fingerprint density at radius 1 is 1.58 bits per heavy atom. The quantitative estimate of drug-likeness (QED) is 0.276. The largest absolute Gasteiger partial charge is 0.460 e. The van der Waals surface area contributed by atoms with Crippen LogP contribution < -0.4 is 0 Å². The molecule has 0 heterocycles. The van der Waals surface area contributed by atoms with E-state index >= 15 is 0 Å². The molecule has 0 atom stereocenters. The van der Waals surface area contributed by atoms with Crippen LogP contribution in [0, 0.1) is 6.57 Å². The molecule has 0 saturated carbocycles. The third kappa shape index (κ3) is 6.81. The first kappa shape index (κ1) is 10.7. The molecule has 0 N–H and O–H groups in total. The number of hydrogen-bond donors (Lipinski definition) is 0. The smallest absolute Gasteiger partial charge is 0.387 e. The van der Waals surface area contributed by atoms with Crippen molar-refractivity contribution in [1.82, 2.24) is 0 Å². The minimum Gasteiger partial charge on any atom is -0.460 e. The highest BCUT2D eigenvalue weighted by atomic mass is 16.5. The number of carbonyl (C=O) groups excluding carboxylic acids is 1. The second-order valence-electron chi connectivity index (χ2n) is 2.61. The Labute approximate surface area is 72.8 Å². The molecule has 3 heteroatoms. The summed E-state index contributed by atoms with van der Waals surface area (Å²) in [7, 11) is 0. The van der Waals surface area contributed by atoms with Gasteiger partial charge in [-0.05, 0) is 20.3 Å². The van der Waals surface area contributed by atoms with Gasteiger partial charge in [-0.1, -0.05) is 11.6 Å². The summed E-state index contributed by atoms with van der Waals surface area (Å²) in [4.78, 5) is 13.5. The molecule has 0 aromatic carbocycles. The van der Waals surface area contributed by atoms with Gasteiger partial charge in [0.15, 0.2) is 0 Å². The van der Waals surface area contributed by atoms with Crippen molar-refractivity contribution < 1.29 is 9.53 Å². The Hall–Kier alpha value is -1.30. The van der Waals surface area contributed by atoms with Crippen molar-refractivity contribution in [2.45, 2.75) is 20.3 Å². The van der Waals surface area contributed by atoms with Crippen LogP contribution in [0.5, 0.6) is 0 Å². The fourth-order valence-corrected chi connectivity index (χ4v) is 0.631. The van der Waals surface area contributed by atoms with Crippen molar-refractivity contribution in [2.24, 2.45) is 0 Å². The van der Waals surface area contributed by atoms with Crippen LogP contribution in [0.1, 0.15) is 20.3 Å². The molecule has 12 heavy (non-hydrogen) atoms. The number of esters is 1. The standard InChI is InChI=1S/C9H13NO2/c1-8(2)5-4-6-12-9(11)7-10-3/h5H,4,6-7H2,1-2H3. The van der Waals surface area contributed by atoms with E-state index in [1.165, 1.54) is 5.57 Å². The number of rotatable bonds is 4. The number of ether oxygens (including phenoxy) is 1. The zero-order chi connectivity index (χ0) is 9.40. The molecule has 66 valence electrons. The molecule has 0 spiro atoms. The number of hydrogen-bond acceptors (Lipinski definition) is 2. The van der Waals surface area contributed by atoms with Crippen molar-refractivity contribution in [3.63, 3.8) is 0 Å². The van der Waals surface area contributed by atoms with Gasteiger partial charge in [0, 0.05) is 0 Å². The van der Waals surface area contributed by atoms with Crippen molar-refractivity contribution >= 4 is 5.97 Å². The molecule has 0 amide bonds. The fourth-order valence-electron chi connectivity index (χ4n) is 0.631. The Morgan fingerprint density at radius 3 is 2.75 bits per heavy atom. The van der Waals surface area contributed by atoms with Crippen LogP contribution >= 0.6 is 0 Å². The Bertz CT molecular complexity index is 209. The van der Waals surface area contributed by atoms with Gasteiger partial charge in [0.25, 0.3) is 0 Å². The topological polar surface area (TPSA) is 30.7 Å². The predicted molar refractivity (Wildman–Crippen MR) is 46.5 cm³/mol. The summed E-state index contributed by atoms with van der Waals surface area (Å²) >= 11 is 0. The zero-order valence-corrected chi connectivity index (χ0v) is 7.46. The van der Waals surface area contributed by atoms with Crippen LogP contribution in [-0.2, 0) is 9.53 Å². The van der Waals surface area contributed by atoms with Gasteiger partial charge < -0.3 is 9.58 Å². The van der Waals surface area contributed by atoms with Gasteiger partial charge >= 0.3 is 12.5 Å². The minimum absolute atomic E-state index is 0.172. The molecule has 0 aliphatic heterocycles. The summed E-state index contributed by atoms with van der Waals surface area (Å²) in [5, 5.41) is 0. The lowest BCUT2D eigenvalue weighted by molar-refractivity contribution is -0.141. The fraction of sp³-hybridized carbons (Fsp3) is 0.556. The van der Waals surface area contributed by atoms with Gasteiger partial charge in [0.2, 0.25) is 0 Å². The van der Waals surface area contributed by atoms with E-state index in [4.69, 9.17) is 11.3 Å². The molecule has 0 aromatic heterocycles. The third-order valence-electron chi connectivity index (χ3n) is 1.14. The average Bonchev–Trinajstić information content (AvgIpc) is 1.98. The average molecular weight is 167 g/mol. The molecule has 0 saturated heterocycles. The van der Waals surface area contributed by atoms with Gasteiger partial charge in [0.05, 0.1) is 6.61 Å². The first-order chi connectivity index (χ1) is 5.66. The number of allylic oxidation sites excluding steroid dienone is 1. The molecule has 0 unspecified atom stereocenters. The molecular formula is C9H13NO2. The molecule has 0 bridgehead atoms. The maximum atomic E-state index is 10.6. The van der Waals surface area contributed by atoms with E-state index in [9.17, 15) is 4.79 Å². The lowest BCUT2D eigenvalue weighted by atomic mass is 10.3. The summed E-state index contributed by atoms with van der Waals surface area (Å²) < 4.78 is 4.74. The second-order valence-corrected chi connectivity index (χ2v) is 2.61. The van der Waals surface area contributed by atoms with Crippen LogP contribution in [0.15, 0.2) is 11.6 Å². The molecule has 3 nitrogen and oxygen atoms in total. The SMILES string of the molecule is [C-]#[N+]CC(=O)OCCC=C(C)C. The summed E-state index contributed by atoms with van der Waals surface area (Å²) in [5.41, 5.74) is 1.20. The van der Waals surface area contributed by atoms with Crippen molar-refractivity contribution in [2.75, 3.05) is 13.2 Å². The van der Waals surface area contributed by atoms with Crippen molar-refractivity contribution in [1.29, 1.82) is 0 Å². The first-order valence-electron chi connectivity index (χ1n) is 3.79. The summed E-state index contributed by atoms with van der Waals surface area (Å²) in [6, 6.07) is 0. The van der Waals surface area contributed by atoms with E-state index in [-0.39, 0.29) is 6.54 Å². The number of nitrogens with zero attached hydrogens (tertiary/aromatic N) is 1.